The number of carbonyl (C=O) groups excluding carboxylic acids is 2. The minimum Gasteiger partial charge on any atom is -0.339 e. The summed E-state index contributed by atoms with van der Waals surface area (Å²) in [5, 5.41) is 6.50. The van der Waals surface area contributed by atoms with Gasteiger partial charge in [0, 0.05) is 26.2 Å². The summed E-state index contributed by atoms with van der Waals surface area (Å²) >= 11 is 0. The number of rotatable bonds is 7. The Morgan fingerprint density at radius 2 is 1.30 bits per heavy atom. The summed E-state index contributed by atoms with van der Waals surface area (Å²) in [6, 6.07) is -0.255. The van der Waals surface area contributed by atoms with Gasteiger partial charge in [-0.05, 0) is 34.6 Å². The molecule has 0 aliphatic heterocycles. The number of allylic oxidation sites excluding steroid dienone is 1. The predicted octanol–water partition coefficient (Wildman–Crippen LogP) is 1.42. The molecule has 2 N–H and O–H groups in total. The van der Waals surface area contributed by atoms with Crippen LogP contribution in [0.1, 0.15) is 34.6 Å². The maximum absolute atomic E-state index is 12.2. The number of nitrogens with zero attached hydrogens (tertiary/aromatic N) is 2. The molecule has 20 heavy (non-hydrogen) atoms. The molecule has 0 radical (unpaired) electrons. The van der Waals surface area contributed by atoms with Gasteiger partial charge in [0.05, 0.1) is 0 Å². The van der Waals surface area contributed by atoms with Gasteiger partial charge in [0.25, 0.3) is 9.12 Å². The minimum absolute atomic E-state index is 0.127. The molecule has 0 aromatic carbocycles. The Bertz CT molecular complexity index is 323. The second-order valence-corrected chi connectivity index (χ2v) is 7.44. The van der Waals surface area contributed by atoms with Gasteiger partial charge >= 0.3 is 12.1 Å². The lowest BCUT2D eigenvalue weighted by Crippen LogP contribution is -2.61. The predicted molar refractivity (Wildman–Crippen MR) is 84.9 cm³/mol. The number of hydrogen-bond acceptors (Lipinski definition) is 2. The summed E-state index contributed by atoms with van der Waals surface area (Å²) in [6.45, 7) is 15.7. The Morgan fingerprint density at radius 1 is 0.950 bits per heavy atom. The van der Waals surface area contributed by atoms with E-state index in [0.29, 0.717) is 26.2 Å². The third-order valence-corrected chi connectivity index (χ3v) is 6.15. The zero-order valence-electron chi connectivity index (χ0n) is 13.3. The lowest BCUT2D eigenvalue weighted by Gasteiger charge is -2.37. The Hall–Kier alpha value is -1.50. The van der Waals surface area contributed by atoms with Crippen LogP contribution in [0.2, 0.25) is 0 Å². The normalized spacial score (nSPS) is 10.1. The number of urea groups is 2. The van der Waals surface area contributed by atoms with Gasteiger partial charge in [0.15, 0.2) is 0 Å². The molecule has 7 heteroatoms. The van der Waals surface area contributed by atoms with Crippen molar-refractivity contribution in [1.29, 1.82) is 0 Å². The topological polar surface area (TPSA) is 64.7 Å². The molecule has 6 nitrogen and oxygen atoms in total. The highest BCUT2D eigenvalue weighted by Gasteiger charge is 2.33. The molecule has 0 bridgehead atoms. The Labute approximate surface area is 124 Å². The average molecular weight is 300 g/mol. The van der Waals surface area contributed by atoms with Crippen molar-refractivity contribution in [3.63, 3.8) is 0 Å². The van der Waals surface area contributed by atoms with Crippen LogP contribution < -0.4 is 10.6 Å². The van der Waals surface area contributed by atoms with E-state index in [1.807, 2.05) is 34.6 Å². The van der Waals surface area contributed by atoms with E-state index in [2.05, 4.69) is 17.2 Å². The Morgan fingerprint density at radius 3 is 1.50 bits per heavy atom. The van der Waals surface area contributed by atoms with Crippen molar-refractivity contribution in [3.05, 3.63) is 11.8 Å². The first kappa shape index (κ1) is 18.5. The summed E-state index contributed by atoms with van der Waals surface area (Å²) in [5.74, 6) is 0. The fourth-order valence-electron chi connectivity index (χ4n) is 2.06. The molecule has 0 atom stereocenters. The zero-order chi connectivity index (χ0) is 15.7. The van der Waals surface area contributed by atoms with Crippen LogP contribution in [0.25, 0.3) is 0 Å². The molecule has 0 aromatic heterocycles. The van der Waals surface area contributed by atoms with Gasteiger partial charge in [-0.25, -0.2) is 9.59 Å². The third kappa shape index (κ3) is 4.88. The van der Waals surface area contributed by atoms with Crippen molar-refractivity contribution < 1.29 is 9.59 Å². The SMILES string of the molecule is C=C(C)[SiH](N(CC)C(=O)NCC)N(CC)C(=O)NCC. The molecule has 0 aromatic rings. The molecule has 0 aliphatic carbocycles. The van der Waals surface area contributed by atoms with Gasteiger partial charge in [-0.1, -0.05) is 5.20 Å². The standard InChI is InChI=1S/C13H28N4O2Si/c1-7-14-12(18)16(9-3)20(11(5)6)17(10-4)13(19)15-8-2/h20H,5,7-10H2,1-4,6H3,(H,14,18)(H,15,19). The van der Waals surface area contributed by atoms with E-state index in [-0.39, 0.29) is 12.1 Å². The van der Waals surface area contributed by atoms with Crippen molar-refractivity contribution in [3.8, 4) is 0 Å². The van der Waals surface area contributed by atoms with Crippen LogP contribution in [0, 0.1) is 0 Å². The smallest absolute Gasteiger partial charge is 0.310 e. The second-order valence-electron chi connectivity index (χ2n) is 4.46. The molecule has 0 fully saturated rings. The number of carbonyl (C=O) groups is 2. The molecule has 0 saturated heterocycles. The van der Waals surface area contributed by atoms with E-state index in [4.69, 9.17) is 0 Å². The molecule has 0 aliphatic rings. The molecular formula is C13H28N4O2Si. The lowest BCUT2D eigenvalue weighted by atomic mass is 10.7. The van der Waals surface area contributed by atoms with E-state index < -0.39 is 9.12 Å². The van der Waals surface area contributed by atoms with Gasteiger partial charge in [0.2, 0.25) is 0 Å². The van der Waals surface area contributed by atoms with Crippen LogP contribution in [0.3, 0.4) is 0 Å². The van der Waals surface area contributed by atoms with Crippen molar-refractivity contribution >= 4 is 21.2 Å². The molecule has 0 rings (SSSR count). The first-order valence-corrected chi connectivity index (χ1v) is 8.79. The largest absolute Gasteiger partial charge is 0.339 e. The fourth-order valence-corrected chi connectivity index (χ4v) is 4.78. The van der Waals surface area contributed by atoms with Crippen LogP contribution in [0.4, 0.5) is 9.59 Å². The maximum Gasteiger partial charge on any atom is 0.310 e. The molecule has 0 heterocycles. The van der Waals surface area contributed by atoms with Crippen molar-refractivity contribution in [2.24, 2.45) is 0 Å². The van der Waals surface area contributed by atoms with Crippen molar-refractivity contribution in [1.82, 2.24) is 19.8 Å². The summed E-state index contributed by atoms with van der Waals surface area (Å²) < 4.78 is 3.51. The van der Waals surface area contributed by atoms with Crippen molar-refractivity contribution in [2.75, 3.05) is 26.2 Å². The maximum atomic E-state index is 12.2. The van der Waals surface area contributed by atoms with Gasteiger partial charge in [0.1, 0.15) is 0 Å². The van der Waals surface area contributed by atoms with E-state index in [9.17, 15) is 9.59 Å². The number of amides is 4. The summed E-state index contributed by atoms with van der Waals surface area (Å²) in [5.41, 5.74) is 0. The van der Waals surface area contributed by atoms with Crippen molar-refractivity contribution in [2.45, 2.75) is 34.6 Å². The monoisotopic (exact) mass is 300 g/mol. The number of hydrogen-bond donors (Lipinski definition) is 2. The average Bonchev–Trinajstić information content (AvgIpc) is 2.39. The lowest BCUT2D eigenvalue weighted by molar-refractivity contribution is 0.213. The fraction of sp³-hybridized carbons (Fsp3) is 0.692. The van der Waals surface area contributed by atoms with Gasteiger partial charge in [-0.3, -0.25) is 0 Å². The molecule has 0 unspecified atom stereocenters. The highest BCUT2D eigenvalue weighted by atomic mass is 28.3. The summed E-state index contributed by atoms with van der Waals surface area (Å²) in [7, 11) is -2.07. The van der Waals surface area contributed by atoms with E-state index in [0.717, 1.165) is 5.20 Å². The number of nitrogens with one attached hydrogen (secondary N) is 2. The highest BCUT2D eigenvalue weighted by molar-refractivity contribution is 6.65. The van der Waals surface area contributed by atoms with Crippen LogP contribution in [-0.4, -0.2) is 56.5 Å². The molecule has 0 spiro atoms. The summed E-state index contributed by atoms with van der Waals surface area (Å²) in [4.78, 5) is 24.3. The molecule has 116 valence electrons. The second kappa shape index (κ2) is 9.41. The van der Waals surface area contributed by atoms with E-state index in [1.165, 1.54) is 0 Å². The summed E-state index contributed by atoms with van der Waals surface area (Å²) in [6.07, 6.45) is 0. The van der Waals surface area contributed by atoms with Gasteiger partial charge < -0.3 is 19.8 Å². The highest BCUT2D eigenvalue weighted by Crippen LogP contribution is 2.10. The first-order chi connectivity index (χ1) is 9.44. The van der Waals surface area contributed by atoms with E-state index >= 15 is 0 Å². The van der Waals surface area contributed by atoms with Crippen LogP contribution in [0.15, 0.2) is 11.8 Å². The zero-order valence-corrected chi connectivity index (χ0v) is 14.5. The van der Waals surface area contributed by atoms with Crippen LogP contribution >= 0.6 is 0 Å². The quantitative estimate of drug-likeness (QED) is 0.699. The molecule has 0 saturated carbocycles. The Kier molecular flexibility index (Phi) is 8.70. The molecule has 4 amide bonds. The van der Waals surface area contributed by atoms with Gasteiger partial charge in [-0.15, -0.1) is 6.58 Å². The minimum atomic E-state index is -2.07. The van der Waals surface area contributed by atoms with Gasteiger partial charge in [-0.2, -0.15) is 0 Å². The Balaban J connectivity index is 5.30. The third-order valence-electron chi connectivity index (χ3n) is 2.89. The first-order valence-electron chi connectivity index (χ1n) is 7.18. The van der Waals surface area contributed by atoms with Crippen LogP contribution in [-0.2, 0) is 0 Å². The van der Waals surface area contributed by atoms with E-state index in [1.54, 1.807) is 9.13 Å². The van der Waals surface area contributed by atoms with Crippen LogP contribution in [0.5, 0.6) is 0 Å². The molecular weight excluding hydrogens is 272 g/mol.